The fraction of sp³-hybridized carbons (Fsp3) is 0.250. The van der Waals surface area contributed by atoms with Crippen LogP contribution in [-0.4, -0.2) is 46.0 Å². The van der Waals surface area contributed by atoms with E-state index in [4.69, 9.17) is 17.7 Å². The van der Waals surface area contributed by atoms with Crippen LogP contribution in [0.15, 0.2) is 55.6 Å². The Morgan fingerprint density at radius 2 is 1.40 bits per heavy atom. The van der Waals surface area contributed by atoms with Gasteiger partial charge in [0.2, 0.25) is 0 Å². The maximum atomic E-state index is 11.8. The van der Waals surface area contributed by atoms with E-state index < -0.39 is 20.5 Å². The molecule has 0 N–H and O–H groups in total. The molecule has 0 spiro atoms. The van der Waals surface area contributed by atoms with Crippen LogP contribution in [0, 0.1) is 0 Å². The first-order chi connectivity index (χ1) is 11.9. The zero-order valence-corrected chi connectivity index (χ0v) is 14.9. The molecular weight excluding hydrogens is 344 g/mol. The number of aliphatic imine (C=N–C) groups is 2. The zero-order chi connectivity index (χ0) is 18.1. The van der Waals surface area contributed by atoms with Crippen LogP contribution in [0.5, 0.6) is 0 Å². The molecule has 0 atom stereocenters. The monoisotopic (exact) mass is 362 g/mol. The Bertz CT molecular complexity index is 673. The van der Waals surface area contributed by atoms with Gasteiger partial charge in [0.15, 0.2) is 0 Å². The first-order valence-corrected chi connectivity index (χ1v) is 10.3. The average Bonchev–Trinajstić information content (AvgIpc) is 3.19. The molecule has 25 heavy (non-hydrogen) atoms. The van der Waals surface area contributed by atoms with E-state index in [1.807, 2.05) is 0 Å². The summed E-state index contributed by atoms with van der Waals surface area (Å²) in [6, 6.07) is 6.84. The number of furan rings is 2. The minimum Gasteiger partial charge on any atom is -0.484 e. The second kappa shape index (κ2) is 8.78. The third-order valence-electron chi connectivity index (χ3n) is 2.68. The van der Waals surface area contributed by atoms with Gasteiger partial charge in [-0.25, -0.2) is 0 Å². The van der Waals surface area contributed by atoms with Crippen molar-refractivity contribution in [2.24, 2.45) is 9.98 Å². The molecule has 2 aromatic heterocycles. The van der Waals surface area contributed by atoms with Crippen molar-refractivity contribution in [3.05, 3.63) is 48.3 Å². The highest BCUT2D eigenvalue weighted by Gasteiger charge is 2.33. The van der Waals surface area contributed by atoms with Gasteiger partial charge in [-0.05, 0) is 24.3 Å². The Hall–Kier alpha value is -2.94. The maximum absolute atomic E-state index is 11.8. The number of carbonyl (C=O) groups excluding carboxylic acids is 2. The molecule has 8 nitrogen and oxygen atoms in total. The van der Waals surface area contributed by atoms with E-state index in [9.17, 15) is 9.59 Å². The molecule has 0 unspecified atom stereocenters. The van der Waals surface area contributed by atoms with E-state index in [-0.39, 0.29) is 13.1 Å². The summed E-state index contributed by atoms with van der Waals surface area (Å²) in [6.45, 7) is 2.81. The van der Waals surface area contributed by atoms with Gasteiger partial charge in [0.1, 0.15) is 24.6 Å². The van der Waals surface area contributed by atoms with Gasteiger partial charge in [-0.1, -0.05) is 0 Å². The Morgan fingerprint density at radius 3 is 1.76 bits per heavy atom. The normalized spacial score (nSPS) is 11.9. The van der Waals surface area contributed by atoms with Gasteiger partial charge in [0, 0.05) is 13.1 Å². The first-order valence-electron chi connectivity index (χ1n) is 7.45. The van der Waals surface area contributed by atoms with Crippen LogP contribution in [0.25, 0.3) is 0 Å². The van der Waals surface area contributed by atoms with Gasteiger partial charge in [-0.3, -0.25) is 19.6 Å². The predicted molar refractivity (Wildman–Crippen MR) is 92.0 cm³/mol. The summed E-state index contributed by atoms with van der Waals surface area (Å²) in [6.07, 6.45) is 5.85. The Labute approximate surface area is 145 Å². The van der Waals surface area contributed by atoms with Crippen molar-refractivity contribution in [3.8, 4) is 0 Å². The van der Waals surface area contributed by atoms with Gasteiger partial charge < -0.3 is 17.7 Å². The molecule has 0 radical (unpaired) electrons. The predicted octanol–water partition coefficient (Wildman–Crippen LogP) is 2.20. The van der Waals surface area contributed by atoms with Crippen molar-refractivity contribution >= 4 is 32.9 Å². The quantitative estimate of drug-likeness (QED) is 0.527. The Kier molecular flexibility index (Phi) is 6.46. The molecule has 2 rings (SSSR count). The van der Waals surface area contributed by atoms with Gasteiger partial charge in [0.05, 0.1) is 25.0 Å². The zero-order valence-electron chi connectivity index (χ0n) is 13.9. The lowest BCUT2D eigenvalue weighted by Gasteiger charge is -2.21. The van der Waals surface area contributed by atoms with E-state index >= 15 is 0 Å². The highest BCUT2D eigenvalue weighted by Crippen LogP contribution is 2.08. The number of carbonyl (C=O) groups is 2. The van der Waals surface area contributed by atoms with Crippen molar-refractivity contribution in [1.29, 1.82) is 0 Å². The molecule has 0 fully saturated rings. The molecule has 0 aliphatic carbocycles. The van der Waals surface area contributed by atoms with Crippen molar-refractivity contribution in [2.75, 3.05) is 13.1 Å². The highest BCUT2D eigenvalue weighted by atomic mass is 28.4. The molecule has 2 heterocycles. The summed E-state index contributed by atoms with van der Waals surface area (Å²) in [5.74, 6) is -0.0898. The summed E-state index contributed by atoms with van der Waals surface area (Å²) in [5, 5.41) is 0. The number of rotatable bonds is 8. The van der Waals surface area contributed by atoms with Crippen LogP contribution in [0.4, 0.5) is 0 Å². The summed E-state index contributed by atoms with van der Waals surface area (Å²) in [5.41, 5.74) is 0. The van der Waals surface area contributed by atoms with Gasteiger partial charge in [-0.2, -0.15) is 0 Å². The molecule has 132 valence electrons. The van der Waals surface area contributed by atoms with E-state index in [1.54, 1.807) is 37.4 Å². The lowest BCUT2D eigenvalue weighted by Crippen LogP contribution is -2.40. The summed E-state index contributed by atoms with van der Waals surface area (Å²) in [4.78, 5) is 31.4. The second-order valence-electron chi connectivity index (χ2n) is 5.32. The summed E-state index contributed by atoms with van der Waals surface area (Å²) < 4.78 is 20.5. The topological polar surface area (TPSA) is 104 Å². The van der Waals surface area contributed by atoms with E-state index in [0.717, 1.165) is 0 Å². The fourth-order valence-electron chi connectivity index (χ4n) is 1.78. The van der Waals surface area contributed by atoms with E-state index in [1.165, 1.54) is 25.0 Å². The SMILES string of the molecule is C[Si](C)(OC(=O)CN=Cc1ccco1)OC(=O)CN=Cc1ccco1. The minimum atomic E-state index is -2.96. The van der Waals surface area contributed by atoms with E-state index in [2.05, 4.69) is 9.98 Å². The van der Waals surface area contributed by atoms with Gasteiger partial charge in [-0.15, -0.1) is 0 Å². The fourth-order valence-corrected chi connectivity index (χ4v) is 3.05. The summed E-state index contributed by atoms with van der Waals surface area (Å²) >= 11 is 0. The molecule has 0 aliphatic rings. The van der Waals surface area contributed by atoms with Crippen LogP contribution in [0.1, 0.15) is 11.5 Å². The molecule has 0 bridgehead atoms. The highest BCUT2D eigenvalue weighted by molar-refractivity contribution is 6.67. The van der Waals surface area contributed by atoms with E-state index in [0.29, 0.717) is 11.5 Å². The Balaban J connectivity index is 1.73. The molecular formula is C16H18N2O6Si. The molecule has 0 saturated carbocycles. The van der Waals surface area contributed by atoms with Crippen LogP contribution in [0.3, 0.4) is 0 Å². The van der Waals surface area contributed by atoms with Crippen molar-refractivity contribution in [1.82, 2.24) is 0 Å². The van der Waals surface area contributed by atoms with Crippen LogP contribution >= 0.6 is 0 Å². The molecule has 2 aromatic rings. The van der Waals surface area contributed by atoms with Crippen molar-refractivity contribution in [3.63, 3.8) is 0 Å². The molecule has 0 aliphatic heterocycles. The van der Waals surface area contributed by atoms with Crippen LogP contribution in [-0.2, 0) is 18.4 Å². The summed E-state index contributed by atoms with van der Waals surface area (Å²) in [7, 11) is -2.96. The molecule has 0 amide bonds. The molecule has 0 saturated heterocycles. The van der Waals surface area contributed by atoms with Crippen LogP contribution in [0.2, 0.25) is 13.1 Å². The lowest BCUT2D eigenvalue weighted by atomic mass is 10.5. The third-order valence-corrected chi connectivity index (χ3v) is 4.12. The first kappa shape index (κ1) is 18.4. The maximum Gasteiger partial charge on any atom is 0.457 e. The largest absolute Gasteiger partial charge is 0.484 e. The molecule has 0 aromatic carbocycles. The number of hydrogen-bond donors (Lipinski definition) is 0. The van der Waals surface area contributed by atoms with Crippen LogP contribution < -0.4 is 0 Å². The standard InChI is InChI=1S/C16H18N2O6Si/c1-25(2,23-15(19)11-17-9-13-5-3-7-21-13)24-16(20)12-18-10-14-6-4-8-22-14/h3-10H,11-12H2,1-2H3. The number of nitrogens with zero attached hydrogens (tertiary/aromatic N) is 2. The lowest BCUT2D eigenvalue weighted by molar-refractivity contribution is -0.139. The average molecular weight is 362 g/mol. The minimum absolute atomic E-state index is 0.189. The van der Waals surface area contributed by atoms with Crippen molar-refractivity contribution in [2.45, 2.75) is 13.1 Å². The number of hydrogen-bond acceptors (Lipinski definition) is 8. The third kappa shape index (κ3) is 7.00. The van der Waals surface area contributed by atoms with Gasteiger partial charge >= 0.3 is 20.5 Å². The van der Waals surface area contributed by atoms with Crippen molar-refractivity contribution < 1.29 is 27.3 Å². The second-order valence-corrected chi connectivity index (χ2v) is 8.53. The van der Waals surface area contributed by atoms with Gasteiger partial charge in [0.25, 0.3) is 0 Å². The molecule has 9 heteroatoms. The smallest absolute Gasteiger partial charge is 0.457 e. The Morgan fingerprint density at radius 1 is 0.960 bits per heavy atom.